The summed E-state index contributed by atoms with van der Waals surface area (Å²) in [7, 11) is 0. The molecule has 0 saturated heterocycles. The molecular weight excluding hydrogens is 269 g/mol. The van der Waals surface area contributed by atoms with Crippen molar-refractivity contribution >= 4 is 16.9 Å². The first-order valence-corrected chi connectivity index (χ1v) is 7.00. The lowest BCUT2D eigenvalue weighted by Gasteiger charge is -2.19. The van der Waals surface area contributed by atoms with Gasteiger partial charge in [-0.1, -0.05) is 30.3 Å². The molecule has 0 aliphatic carbocycles. The van der Waals surface area contributed by atoms with Crippen molar-refractivity contribution in [2.45, 2.75) is 32.8 Å². The van der Waals surface area contributed by atoms with E-state index in [0.717, 1.165) is 10.9 Å². The van der Waals surface area contributed by atoms with E-state index in [1.807, 2.05) is 39.0 Å². The molecule has 2 rings (SSSR count). The standard InChI is InChI=1S/C17H20FNO2/c1-17(2,3)21-16(20)19-11-10-12-6-4-8-14-13(12)7-5-9-15(14)18/h4-9H,10-11H2,1-3H3,(H,19,20). The summed E-state index contributed by atoms with van der Waals surface area (Å²) < 4.78 is 18.9. The first-order chi connectivity index (χ1) is 9.87. The van der Waals surface area contributed by atoms with Crippen LogP contribution in [0.25, 0.3) is 10.8 Å². The second kappa shape index (κ2) is 6.12. The zero-order chi connectivity index (χ0) is 15.5. The molecule has 0 aliphatic heterocycles. The van der Waals surface area contributed by atoms with Gasteiger partial charge in [-0.05, 0) is 44.2 Å². The van der Waals surface area contributed by atoms with E-state index < -0.39 is 11.7 Å². The summed E-state index contributed by atoms with van der Waals surface area (Å²) >= 11 is 0. The minimum absolute atomic E-state index is 0.227. The molecule has 0 aliphatic rings. The Morgan fingerprint density at radius 1 is 1.14 bits per heavy atom. The van der Waals surface area contributed by atoms with Crippen molar-refractivity contribution in [3.8, 4) is 0 Å². The molecule has 1 N–H and O–H groups in total. The van der Waals surface area contributed by atoms with Crippen LogP contribution in [0.2, 0.25) is 0 Å². The van der Waals surface area contributed by atoms with Crippen LogP contribution in [0.3, 0.4) is 0 Å². The average molecular weight is 289 g/mol. The highest BCUT2D eigenvalue weighted by molar-refractivity contribution is 5.86. The Kier molecular flexibility index (Phi) is 4.46. The molecule has 112 valence electrons. The highest BCUT2D eigenvalue weighted by Gasteiger charge is 2.15. The number of ether oxygens (including phenoxy) is 1. The van der Waals surface area contributed by atoms with Crippen molar-refractivity contribution in [3.63, 3.8) is 0 Å². The van der Waals surface area contributed by atoms with Gasteiger partial charge in [0.05, 0.1) is 0 Å². The SMILES string of the molecule is CC(C)(C)OC(=O)NCCc1cccc2c(F)cccc12. The van der Waals surface area contributed by atoms with Gasteiger partial charge in [-0.3, -0.25) is 0 Å². The van der Waals surface area contributed by atoms with Crippen LogP contribution in [0.4, 0.5) is 9.18 Å². The Bertz CT molecular complexity index is 647. The van der Waals surface area contributed by atoms with Gasteiger partial charge in [0.2, 0.25) is 0 Å². The predicted octanol–water partition coefficient (Wildman–Crippen LogP) is 4.05. The number of halogens is 1. The van der Waals surface area contributed by atoms with Gasteiger partial charge in [0, 0.05) is 11.9 Å². The van der Waals surface area contributed by atoms with Crippen molar-refractivity contribution in [2.75, 3.05) is 6.54 Å². The van der Waals surface area contributed by atoms with Crippen LogP contribution in [-0.2, 0) is 11.2 Å². The zero-order valence-electron chi connectivity index (χ0n) is 12.6. The van der Waals surface area contributed by atoms with Gasteiger partial charge in [-0.25, -0.2) is 9.18 Å². The molecule has 21 heavy (non-hydrogen) atoms. The molecule has 0 atom stereocenters. The fraction of sp³-hybridized carbons (Fsp3) is 0.353. The fourth-order valence-electron chi connectivity index (χ4n) is 2.17. The minimum Gasteiger partial charge on any atom is -0.444 e. The van der Waals surface area contributed by atoms with Crippen LogP contribution in [-0.4, -0.2) is 18.2 Å². The number of benzene rings is 2. The van der Waals surface area contributed by atoms with Crippen molar-refractivity contribution in [2.24, 2.45) is 0 Å². The van der Waals surface area contributed by atoms with E-state index in [2.05, 4.69) is 5.32 Å². The van der Waals surface area contributed by atoms with Gasteiger partial charge < -0.3 is 10.1 Å². The summed E-state index contributed by atoms with van der Waals surface area (Å²) in [6.07, 6.45) is 0.189. The molecule has 3 nitrogen and oxygen atoms in total. The quantitative estimate of drug-likeness (QED) is 0.926. The van der Waals surface area contributed by atoms with Gasteiger partial charge >= 0.3 is 6.09 Å². The van der Waals surface area contributed by atoms with Gasteiger partial charge in [-0.2, -0.15) is 0 Å². The summed E-state index contributed by atoms with van der Waals surface area (Å²) in [5.74, 6) is -0.227. The van der Waals surface area contributed by atoms with Crippen LogP contribution >= 0.6 is 0 Å². The number of hydrogen-bond acceptors (Lipinski definition) is 2. The molecule has 0 fully saturated rings. The van der Waals surface area contributed by atoms with Crippen molar-refractivity contribution in [1.82, 2.24) is 5.32 Å². The molecule has 0 spiro atoms. The molecule has 0 bridgehead atoms. The Labute approximate surface area is 124 Å². The lowest BCUT2D eigenvalue weighted by Crippen LogP contribution is -2.33. The number of carbonyl (C=O) groups is 1. The maximum absolute atomic E-state index is 13.7. The first kappa shape index (κ1) is 15.3. The van der Waals surface area contributed by atoms with Crippen LogP contribution < -0.4 is 5.32 Å². The molecule has 1 amide bonds. The maximum Gasteiger partial charge on any atom is 0.407 e. The second-order valence-electron chi connectivity index (χ2n) is 5.93. The van der Waals surface area contributed by atoms with Crippen molar-refractivity contribution in [3.05, 3.63) is 47.8 Å². The molecule has 4 heteroatoms. The number of nitrogens with one attached hydrogen (secondary N) is 1. The Morgan fingerprint density at radius 2 is 1.81 bits per heavy atom. The molecule has 0 saturated carbocycles. The summed E-state index contributed by atoms with van der Waals surface area (Å²) in [6, 6.07) is 10.6. The lowest BCUT2D eigenvalue weighted by molar-refractivity contribution is 0.0528. The maximum atomic E-state index is 13.7. The third kappa shape index (κ3) is 4.18. The van der Waals surface area contributed by atoms with Crippen molar-refractivity contribution in [1.29, 1.82) is 0 Å². The van der Waals surface area contributed by atoms with Crippen molar-refractivity contribution < 1.29 is 13.9 Å². The number of hydrogen-bond donors (Lipinski definition) is 1. The normalized spacial score (nSPS) is 11.4. The highest BCUT2D eigenvalue weighted by Crippen LogP contribution is 2.21. The number of fused-ring (bicyclic) bond motifs is 1. The van der Waals surface area contributed by atoms with Crippen LogP contribution in [0.1, 0.15) is 26.3 Å². The van der Waals surface area contributed by atoms with Gasteiger partial charge in [0.25, 0.3) is 0 Å². The fourth-order valence-corrected chi connectivity index (χ4v) is 2.17. The van der Waals surface area contributed by atoms with E-state index in [4.69, 9.17) is 4.74 Å². The van der Waals surface area contributed by atoms with Crippen LogP contribution in [0.5, 0.6) is 0 Å². The van der Waals surface area contributed by atoms with E-state index in [1.54, 1.807) is 12.1 Å². The van der Waals surface area contributed by atoms with E-state index in [9.17, 15) is 9.18 Å². The average Bonchev–Trinajstić information content (AvgIpc) is 2.37. The third-order valence-corrected chi connectivity index (χ3v) is 3.02. The smallest absolute Gasteiger partial charge is 0.407 e. The molecular formula is C17H20FNO2. The van der Waals surface area contributed by atoms with Crippen LogP contribution in [0.15, 0.2) is 36.4 Å². The summed E-state index contributed by atoms with van der Waals surface area (Å²) in [4.78, 5) is 11.6. The molecule has 0 unspecified atom stereocenters. The molecule has 0 radical (unpaired) electrons. The Morgan fingerprint density at radius 3 is 2.52 bits per heavy atom. The number of carbonyl (C=O) groups excluding carboxylic acids is 1. The highest BCUT2D eigenvalue weighted by atomic mass is 19.1. The second-order valence-corrected chi connectivity index (χ2v) is 5.93. The molecule has 2 aromatic carbocycles. The minimum atomic E-state index is -0.507. The van der Waals surface area contributed by atoms with Gasteiger partial charge in [0.1, 0.15) is 11.4 Å². The zero-order valence-corrected chi connectivity index (χ0v) is 12.6. The first-order valence-electron chi connectivity index (χ1n) is 7.00. The third-order valence-electron chi connectivity index (χ3n) is 3.02. The summed E-state index contributed by atoms with van der Waals surface area (Å²) in [6.45, 7) is 5.91. The monoisotopic (exact) mass is 289 g/mol. The topological polar surface area (TPSA) is 38.3 Å². The Balaban J connectivity index is 2.01. The van der Waals surface area contributed by atoms with E-state index in [-0.39, 0.29) is 5.82 Å². The largest absolute Gasteiger partial charge is 0.444 e. The van der Waals surface area contributed by atoms with Gasteiger partial charge in [-0.15, -0.1) is 0 Å². The predicted molar refractivity (Wildman–Crippen MR) is 81.8 cm³/mol. The van der Waals surface area contributed by atoms with Crippen LogP contribution in [0, 0.1) is 5.82 Å². The van der Waals surface area contributed by atoms with E-state index in [0.29, 0.717) is 18.4 Å². The summed E-state index contributed by atoms with van der Waals surface area (Å²) in [5, 5.41) is 4.19. The molecule has 2 aromatic rings. The lowest BCUT2D eigenvalue weighted by atomic mass is 10.0. The molecule has 0 aromatic heterocycles. The summed E-state index contributed by atoms with van der Waals surface area (Å²) in [5.41, 5.74) is 0.496. The molecule has 0 heterocycles. The number of amides is 1. The number of rotatable bonds is 3. The van der Waals surface area contributed by atoms with Gasteiger partial charge in [0.15, 0.2) is 0 Å². The Hall–Kier alpha value is -2.10. The van der Waals surface area contributed by atoms with E-state index >= 15 is 0 Å². The number of alkyl carbamates (subject to hydrolysis) is 1. The van der Waals surface area contributed by atoms with E-state index in [1.165, 1.54) is 6.07 Å².